The van der Waals surface area contributed by atoms with Crippen molar-refractivity contribution in [3.05, 3.63) is 62.4 Å². The standard InChI is InChI=1S/C22H24N4O5/c1-3-30-18-9-5-4-8-17(18)24-20(27)15-11-16-19(23-13(15)2)26(22(29)25-21(16)28)12-14-7-6-10-31-14/h4-5,8-9,11,14H,3,6-7,10,12H2,1-2H3,(H,24,27)(H,25,28,29). The van der Waals surface area contributed by atoms with Gasteiger partial charge >= 0.3 is 5.69 Å². The smallest absolute Gasteiger partial charge is 0.330 e. The average molecular weight is 424 g/mol. The molecular formula is C22H24N4O5. The van der Waals surface area contributed by atoms with Gasteiger partial charge in [-0.3, -0.25) is 19.1 Å². The summed E-state index contributed by atoms with van der Waals surface area (Å²) in [5.41, 5.74) is 0.290. The predicted molar refractivity (Wildman–Crippen MR) is 116 cm³/mol. The van der Waals surface area contributed by atoms with E-state index in [9.17, 15) is 14.4 Å². The van der Waals surface area contributed by atoms with Crippen molar-refractivity contribution >= 4 is 22.6 Å². The summed E-state index contributed by atoms with van der Waals surface area (Å²) in [7, 11) is 0. The molecule has 1 aliphatic rings. The van der Waals surface area contributed by atoms with E-state index in [1.165, 1.54) is 10.6 Å². The first-order valence-electron chi connectivity index (χ1n) is 10.3. The third-order valence-electron chi connectivity index (χ3n) is 5.25. The zero-order valence-corrected chi connectivity index (χ0v) is 17.4. The van der Waals surface area contributed by atoms with E-state index in [1.807, 2.05) is 13.0 Å². The molecule has 0 spiro atoms. The van der Waals surface area contributed by atoms with Gasteiger partial charge in [0.2, 0.25) is 0 Å². The van der Waals surface area contributed by atoms with Crippen LogP contribution >= 0.6 is 0 Å². The molecule has 1 aliphatic heterocycles. The van der Waals surface area contributed by atoms with Crippen molar-refractivity contribution in [2.45, 2.75) is 39.3 Å². The Hall–Kier alpha value is -3.46. The van der Waals surface area contributed by atoms with Crippen LogP contribution in [0.5, 0.6) is 5.75 Å². The number of para-hydroxylation sites is 2. The zero-order chi connectivity index (χ0) is 22.0. The van der Waals surface area contributed by atoms with Crippen molar-refractivity contribution < 1.29 is 14.3 Å². The predicted octanol–water partition coefficient (Wildman–Crippen LogP) is 2.22. The Kier molecular flexibility index (Phi) is 5.85. The van der Waals surface area contributed by atoms with Gasteiger partial charge in [-0.1, -0.05) is 12.1 Å². The van der Waals surface area contributed by atoms with Crippen LogP contribution in [0.25, 0.3) is 11.0 Å². The fraction of sp³-hybridized carbons (Fsp3) is 0.364. The first kappa shape index (κ1) is 20.8. The lowest BCUT2D eigenvalue weighted by Gasteiger charge is -2.15. The van der Waals surface area contributed by atoms with Crippen molar-refractivity contribution in [2.75, 3.05) is 18.5 Å². The van der Waals surface area contributed by atoms with Crippen LogP contribution in [-0.2, 0) is 11.3 Å². The van der Waals surface area contributed by atoms with Crippen LogP contribution in [0.3, 0.4) is 0 Å². The van der Waals surface area contributed by atoms with Crippen LogP contribution in [0, 0.1) is 6.92 Å². The van der Waals surface area contributed by atoms with Gasteiger partial charge in [-0.25, -0.2) is 9.78 Å². The number of H-pyrrole nitrogens is 1. The average Bonchev–Trinajstić information content (AvgIpc) is 3.25. The number of hydrogen-bond acceptors (Lipinski definition) is 6. The molecule has 9 nitrogen and oxygen atoms in total. The summed E-state index contributed by atoms with van der Waals surface area (Å²) in [4.78, 5) is 44.7. The lowest BCUT2D eigenvalue weighted by atomic mass is 10.1. The number of nitrogens with one attached hydrogen (secondary N) is 2. The Labute approximate surface area is 178 Å². The molecule has 1 atom stereocenters. The molecule has 31 heavy (non-hydrogen) atoms. The summed E-state index contributed by atoms with van der Waals surface area (Å²) in [6, 6.07) is 8.58. The van der Waals surface area contributed by atoms with Gasteiger partial charge in [0, 0.05) is 6.61 Å². The minimum Gasteiger partial charge on any atom is -0.492 e. The second kappa shape index (κ2) is 8.73. The van der Waals surface area contributed by atoms with Crippen LogP contribution in [0.4, 0.5) is 5.69 Å². The van der Waals surface area contributed by atoms with Gasteiger partial charge in [-0.2, -0.15) is 0 Å². The van der Waals surface area contributed by atoms with Crippen molar-refractivity contribution in [3.63, 3.8) is 0 Å². The number of carbonyl (C=O) groups is 1. The molecule has 162 valence electrons. The van der Waals surface area contributed by atoms with E-state index in [4.69, 9.17) is 9.47 Å². The number of fused-ring (bicyclic) bond motifs is 1. The number of carbonyl (C=O) groups excluding carboxylic acids is 1. The highest BCUT2D eigenvalue weighted by Gasteiger charge is 2.21. The molecule has 1 aromatic carbocycles. The highest BCUT2D eigenvalue weighted by Crippen LogP contribution is 2.25. The molecule has 1 saturated heterocycles. The number of aromatic amines is 1. The first-order valence-corrected chi connectivity index (χ1v) is 10.3. The van der Waals surface area contributed by atoms with E-state index in [-0.39, 0.29) is 22.7 Å². The van der Waals surface area contributed by atoms with Gasteiger partial charge in [-0.15, -0.1) is 0 Å². The van der Waals surface area contributed by atoms with Crippen LogP contribution in [0.2, 0.25) is 0 Å². The van der Waals surface area contributed by atoms with E-state index in [2.05, 4.69) is 15.3 Å². The van der Waals surface area contributed by atoms with E-state index >= 15 is 0 Å². The Bertz CT molecular complexity index is 1240. The number of aromatic nitrogens is 3. The normalized spacial score (nSPS) is 15.9. The molecule has 2 aromatic heterocycles. The lowest BCUT2D eigenvalue weighted by molar-refractivity contribution is 0.0967. The summed E-state index contributed by atoms with van der Waals surface area (Å²) in [5.74, 6) is 0.128. The Morgan fingerprint density at radius 1 is 1.35 bits per heavy atom. The Morgan fingerprint density at radius 2 is 2.16 bits per heavy atom. The van der Waals surface area contributed by atoms with E-state index in [0.717, 1.165) is 12.8 Å². The molecule has 0 bridgehead atoms. The molecule has 1 unspecified atom stereocenters. The van der Waals surface area contributed by atoms with Crippen LogP contribution in [0.15, 0.2) is 39.9 Å². The number of anilines is 1. The van der Waals surface area contributed by atoms with Crippen molar-refractivity contribution in [3.8, 4) is 5.75 Å². The van der Waals surface area contributed by atoms with Crippen molar-refractivity contribution in [1.29, 1.82) is 0 Å². The number of pyridine rings is 1. The summed E-state index contributed by atoms with van der Waals surface area (Å²) in [6.07, 6.45) is 1.67. The molecule has 0 radical (unpaired) electrons. The van der Waals surface area contributed by atoms with Gasteiger partial charge in [0.15, 0.2) is 0 Å². The van der Waals surface area contributed by atoms with E-state index < -0.39 is 17.2 Å². The number of amides is 1. The lowest BCUT2D eigenvalue weighted by Crippen LogP contribution is -2.34. The number of rotatable bonds is 6. The summed E-state index contributed by atoms with van der Waals surface area (Å²) in [5, 5.41) is 2.99. The van der Waals surface area contributed by atoms with Gasteiger partial charge in [-0.05, 0) is 44.9 Å². The number of ether oxygens (including phenoxy) is 2. The molecule has 3 aromatic rings. The van der Waals surface area contributed by atoms with Gasteiger partial charge in [0.1, 0.15) is 11.4 Å². The Morgan fingerprint density at radius 3 is 2.90 bits per heavy atom. The number of hydrogen-bond donors (Lipinski definition) is 2. The zero-order valence-electron chi connectivity index (χ0n) is 17.4. The number of benzene rings is 1. The van der Waals surface area contributed by atoms with Gasteiger partial charge in [0.25, 0.3) is 11.5 Å². The minimum absolute atomic E-state index is 0.105. The first-order chi connectivity index (χ1) is 15.0. The maximum Gasteiger partial charge on any atom is 0.330 e. The molecule has 0 saturated carbocycles. The number of aryl methyl sites for hydroxylation is 1. The summed E-state index contributed by atoms with van der Waals surface area (Å²) < 4.78 is 12.6. The summed E-state index contributed by atoms with van der Waals surface area (Å²) in [6.45, 7) is 4.94. The van der Waals surface area contributed by atoms with Crippen molar-refractivity contribution in [1.82, 2.24) is 14.5 Å². The van der Waals surface area contributed by atoms with Crippen molar-refractivity contribution in [2.24, 2.45) is 0 Å². The second-order valence-electron chi connectivity index (χ2n) is 7.38. The molecule has 0 aliphatic carbocycles. The van der Waals surface area contributed by atoms with Crippen LogP contribution in [-0.4, -0.2) is 39.8 Å². The molecular weight excluding hydrogens is 400 g/mol. The molecule has 1 amide bonds. The van der Waals surface area contributed by atoms with Gasteiger partial charge < -0.3 is 14.8 Å². The van der Waals surface area contributed by atoms with E-state index in [1.54, 1.807) is 25.1 Å². The fourth-order valence-electron chi connectivity index (χ4n) is 3.73. The third kappa shape index (κ3) is 4.22. The van der Waals surface area contributed by atoms with E-state index in [0.29, 0.717) is 36.9 Å². The minimum atomic E-state index is -0.583. The topological polar surface area (TPSA) is 115 Å². The maximum atomic E-state index is 13.0. The molecule has 1 fully saturated rings. The van der Waals surface area contributed by atoms with Crippen LogP contribution < -0.4 is 21.3 Å². The molecule has 9 heteroatoms. The SMILES string of the molecule is CCOc1ccccc1NC(=O)c1cc2c(=O)[nH]c(=O)n(CC3CCCO3)c2nc1C. The van der Waals surface area contributed by atoms with Gasteiger partial charge in [0.05, 0.1) is 41.6 Å². The quantitative estimate of drug-likeness (QED) is 0.627. The highest BCUT2D eigenvalue weighted by molar-refractivity contribution is 6.07. The third-order valence-corrected chi connectivity index (χ3v) is 5.25. The summed E-state index contributed by atoms with van der Waals surface area (Å²) >= 11 is 0. The Balaban J connectivity index is 1.73. The second-order valence-corrected chi connectivity index (χ2v) is 7.38. The number of nitrogens with zero attached hydrogens (tertiary/aromatic N) is 2. The monoisotopic (exact) mass is 424 g/mol. The fourth-order valence-corrected chi connectivity index (χ4v) is 3.73. The van der Waals surface area contributed by atoms with Crippen LogP contribution in [0.1, 0.15) is 35.8 Å². The highest BCUT2D eigenvalue weighted by atomic mass is 16.5. The largest absolute Gasteiger partial charge is 0.492 e. The molecule has 4 rings (SSSR count). The maximum absolute atomic E-state index is 13.0. The molecule has 2 N–H and O–H groups in total. The molecule has 3 heterocycles.